The van der Waals surface area contributed by atoms with Gasteiger partial charge < -0.3 is 29.9 Å². The fraction of sp³-hybridized carbons (Fsp3) is 0.553. The first-order valence-corrected chi connectivity index (χ1v) is 18.5. The number of pyridine rings is 1. The first-order valence-electron chi connectivity index (χ1n) is 18.5. The van der Waals surface area contributed by atoms with Gasteiger partial charge in [0.05, 0.1) is 31.0 Å². The van der Waals surface area contributed by atoms with Crippen LogP contribution in [-0.4, -0.2) is 144 Å². The summed E-state index contributed by atoms with van der Waals surface area (Å²) in [6, 6.07) is 11.9. The average molecular weight is 700 g/mol. The third kappa shape index (κ3) is 10.0. The number of piperidine rings is 1. The van der Waals surface area contributed by atoms with Crippen molar-refractivity contribution >= 4 is 23.4 Å². The van der Waals surface area contributed by atoms with Crippen molar-refractivity contribution < 1.29 is 18.9 Å². The highest BCUT2D eigenvalue weighted by molar-refractivity contribution is 6.03. The molecule has 0 spiro atoms. The van der Waals surface area contributed by atoms with Crippen molar-refractivity contribution in [1.29, 1.82) is 0 Å². The van der Waals surface area contributed by atoms with E-state index in [1.165, 1.54) is 5.56 Å². The van der Waals surface area contributed by atoms with Gasteiger partial charge in [-0.15, -0.1) is 0 Å². The van der Waals surface area contributed by atoms with Gasteiger partial charge in [0, 0.05) is 76.7 Å². The van der Waals surface area contributed by atoms with Crippen LogP contribution in [0.15, 0.2) is 47.1 Å². The normalized spacial score (nSPS) is 18.3. The van der Waals surface area contributed by atoms with Crippen molar-refractivity contribution in [2.45, 2.75) is 39.7 Å². The summed E-state index contributed by atoms with van der Waals surface area (Å²) >= 11 is 0. The largest absolute Gasteiger partial charge is 0.360 e. The number of hydrogen-bond acceptors (Lipinski definition) is 10. The number of carbonyl (C=O) groups excluding carboxylic acids is 3. The molecule has 3 aromatic rings. The molecule has 0 saturated carbocycles. The SMILES string of the molecule is CCc1cccc(-c2cnc(C(=O)N3CCN(CC4CCN(CC(=O)N5CCN(C)CC5)CC4)CC3)c(NC(=O)CNCc3cc(C)no3)c2)c1. The molecule has 0 bridgehead atoms. The lowest BCUT2D eigenvalue weighted by atomic mass is 9.96. The van der Waals surface area contributed by atoms with Crippen LogP contribution in [0, 0.1) is 12.8 Å². The van der Waals surface area contributed by atoms with Crippen molar-refractivity contribution in [1.82, 2.24) is 40.0 Å². The van der Waals surface area contributed by atoms with Gasteiger partial charge in [-0.05, 0) is 69.4 Å². The lowest BCUT2D eigenvalue weighted by Crippen LogP contribution is -2.52. The minimum absolute atomic E-state index is 0.0348. The van der Waals surface area contributed by atoms with Crippen molar-refractivity contribution in [3.8, 4) is 11.1 Å². The molecular formula is C38H53N9O4. The molecule has 13 heteroatoms. The number of benzene rings is 1. The molecule has 0 unspecified atom stereocenters. The molecule has 3 amide bonds. The highest BCUT2D eigenvalue weighted by atomic mass is 16.5. The maximum atomic E-state index is 13.9. The molecule has 2 aromatic heterocycles. The molecule has 3 aliphatic rings. The molecular weight excluding hydrogens is 646 g/mol. The van der Waals surface area contributed by atoms with Crippen molar-refractivity contribution in [2.75, 3.05) is 97.4 Å². The summed E-state index contributed by atoms with van der Waals surface area (Å²) < 4.78 is 5.23. The molecule has 3 aliphatic heterocycles. The van der Waals surface area contributed by atoms with Gasteiger partial charge >= 0.3 is 0 Å². The third-order valence-electron chi connectivity index (χ3n) is 10.4. The van der Waals surface area contributed by atoms with Gasteiger partial charge in [-0.25, -0.2) is 4.98 Å². The third-order valence-corrected chi connectivity index (χ3v) is 10.4. The number of aryl methyl sites for hydroxylation is 2. The quantitative estimate of drug-likeness (QED) is 0.291. The van der Waals surface area contributed by atoms with Crippen LogP contribution >= 0.6 is 0 Å². The predicted octanol–water partition coefficient (Wildman–Crippen LogP) is 2.58. The van der Waals surface area contributed by atoms with Gasteiger partial charge in [-0.2, -0.15) is 0 Å². The summed E-state index contributed by atoms with van der Waals surface area (Å²) in [5.41, 5.74) is 4.45. The molecule has 274 valence electrons. The summed E-state index contributed by atoms with van der Waals surface area (Å²) in [4.78, 5) is 55.4. The van der Waals surface area contributed by atoms with Crippen molar-refractivity contribution in [2.24, 2.45) is 5.92 Å². The maximum Gasteiger partial charge on any atom is 0.274 e. The number of nitrogens with zero attached hydrogens (tertiary/aromatic N) is 7. The Bertz CT molecular complexity index is 1640. The van der Waals surface area contributed by atoms with Gasteiger partial charge in [-0.1, -0.05) is 36.3 Å². The Morgan fingerprint density at radius 3 is 2.33 bits per heavy atom. The first kappa shape index (κ1) is 36.6. The predicted molar refractivity (Wildman–Crippen MR) is 196 cm³/mol. The Morgan fingerprint density at radius 2 is 1.63 bits per heavy atom. The van der Waals surface area contributed by atoms with E-state index in [1.54, 1.807) is 6.20 Å². The monoisotopic (exact) mass is 699 g/mol. The summed E-state index contributed by atoms with van der Waals surface area (Å²) in [7, 11) is 2.11. The average Bonchev–Trinajstić information content (AvgIpc) is 3.57. The van der Waals surface area contributed by atoms with Crippen LogP contribution in [0.5, 0.6) is 0 Å². The molecule has 6 rings (SSSR count). The van der Waals surface area contributed by atoms with Crippen LogP contribution in [0.3, 0.4) is 0 Å². The Hall–Kier alpha value is -4.17. The minimum Gasteiger partial charge on any atom is -0.360 e. The van der Waals surface area contributed by atoms with E-state index in [-0.39, 0.29) is 30.0 Å². The van der Waals surface area contributed by atoms with E-state index in [0.717, 1.165) is 95.0 Å². The second-order valence-corrected chi connectivity index (χ2v) is 14.3. The zero-order chi connectivity index (χ0) is 35.7. The molecule has 0 aliphatic carbocycles. The minimum atomic E-state index is -0.277. The van der Waals surface area contributed by atoms with E-state index in [2.05, 4.69) is 61.6 Å². The Kier molecular flexibility index (Phi) is 12.5. The van der Waals surface area contributed by atoms with Gasteiger partial charge in [0.2, 0.25) is 11.8 Å². The number of nitrogens with one attached hydrogen (secondary N) is 2. The highest BCUT2D eigenvalue weighted by Gasteiger charge is 2.29. The zero-order valence-electron chi connectivity index (χ0n) is 30.4. The second kappa shape index (κ2) is 17.4. The van der Waals surface area contributed by atoms with E-state index in [0.29, 0.717) is 43.5 Å². The molecule has 3 fully saturated rings. The first-order chi connectivity index (χ1) is 24.7. The molecule has 0 atom stereocenters. The van der Waals surface area contributed by atoms with Gasteiger partial charge in [-0.3, -0.25) is 24.2 Å². The number of hydrogen-bond donors (Lipinski definition) is 2. The number of anilines is 1. The molecule has 3 saturated heterocycles. The van der Waals surface area contributed by atoms with Gasteiger partial charge in [0.15, 0.2) is 11.5 Å². The Labute approximate surface area is 301 Å². The van der Waals surface area contributed by atoms with E-state index in [9.17, 15) is 14.4 Å². The topological polar surface area (TPSA) is 130 Å². The zero-order valence-corrected chi connectivity index (χ0v) is 30.4. The summed E-state index contributed by atoms with van der Waals surface area (Å²) in [6.07, 6.45) is 4.80. The Morgan fingerprint density at radius 1 is 0.882 bits per heavy atom. The lowest BCUT2D eigenvalue weighted by molar-refractivity contribution is -0.134. The number of likely N-dealkylation sites (tertiary alicyclic amines) is 1. The van der Waals surface area contributed by atoms with Crippen LogP contribution in [0.4, 0.5) is 5.69 Å². The van der Waals surface area contributed by atoms with Crippen molar-refractivity contribution in [3.05, 3.63) is 65.3 Å². The summed E-state index contributed by atoms with van der Waals surface area (Å²) in [5.74, 6) is 1.04. The van der Waals surface area contributed by atoms with Crippen LogP contribution in [0.1, 0.15) is 47.3 Å². The number of piperazine rings is 2. The molecule has 13 nitrogen and oxygen atoms in total. The van der Waals surface area contributed by atoms with Gasteiger partial charge in [0.1, 0.15) is 0 Å². The van der Waals surface area contributed by atoms with Crippen LogP contribution < -0.4 is 10.6 Å². The number of carbonyl (C=O) groups is 3. The number of amides is 3. The van der Waals surface area contributed by atoms with Crippen molar-refractivity contribution in [3.63, 3.8) is 0 Å². The summed E-state index contributed by atoms with van der Waals surface area (Å²) in [5, 5.41) is 9.93. The number of rotatable bonds is 12. The smallest absolute Gasteiger partial charge is 0.274 e. The van der Waals surface area contributed by atoms with E-state index >= 15 is 0 Å². The molecule has 1 aromatic carbocycles. The maximum absolute atomic E-state index is 13.9. The van der Waals surface area contributed by atoms with E-state index in [1.807, 2.05) is 41.0 Å². The highest BCUT2D eigenvalue weighted by Crippen LogP contribution is 2.27. The molecule has 51 heavy (non-hydrogen) atoms. The second-order valence-electron chi connectivity index (χ2n) is 14.3. The fourth-order valence-electron chi connectivity index (χ4n) is 7.18. The lowest BCUT2D eigenvalue weighted by Gasteiger charge is -2.39. The summed E-state index contributed by atoms with van der Waals surface area (Å²) in [6.45, 7) is 14.1. The number of aromatic nitrogens is 2. The fourth-order valence-corrected chi connectivity index (χ4v) is 7.18. The van der Waals surface area contributed by atoms with Crippen LogP contribution in [0.2, 0.25) is 0 Å². The van der Waals surface area contributed by atoms with Gasteiger partial charge in [0.25, 0.3) is 5.91 Å². The van der Waals surface area contributed by atoms with Crippen LogP contribution in [-0.2, 0) is 22.6 Å². The standard InChI is InChI=1S/C38H53N9O4/c1-4-29-6-5-7-31(21-29)32-22-34(41-35(48)25-39-24-33-20-28(2)42-51-33)37(40-23-32)38(50)47-18-14-45(15-19-47)26-30-8-10-44(11-9-30)27-36(49)46-16-12-43(3)13-17-46/h5-7,20-23,30,39H,4,8-19,24-27H2,1-3H3,(H,41,48). The van der Waals surface area contributed by atoms with Crippen LogP contribution in [0.25, 0.3) is 11.1 Å². The van der Waals surface area contributed by atoms with E-state index < -0.39 is 0 Å². The molecule has 2 N–H and O–H groups in total. The Balaban J connectivity index is 1.02. The molecule has 5 heterocycles. The molecule has 0 radical (unpaired) electrons. The number of likely N-dealkylation sites (N-methyl/N-ethyl adjacent to an activating group) is 1. The van der Waals surface area contributed by atoms with E-state index in [4.69, 9.17) is 4.52 Å².